The zero-order valence-corrected chi connectivity index (χ0v) is 10.3. The van der Waals surface area contributed by atoms with Crippen molar-refractivity contribution in [2.45, 2.75) is 12.5 Å². The summed E-state index contributed by atoms with van der Waals surface area (Å²) >= 11 is 0. The van der Waals surface area contributed by atoms with Gasteiger partial charge in [-0.3, -0.25) is 0 Å². The number of methoxy groups -OCH3 is 1. The highest BCUT2D eigenvalue weighted by molar-refractivity contribution is 5.24. The largest absolute Gasteiger partial charge is 0.481 e. The average Bonchev–Trinajstić information content (AvgIpc) is 2.41. The van der Waals surface area contributed by atoms with Gasteiger partial charge in [0.05, 0.1) is 7.11 Å². The fraction of sp³-hybridized carbons (Fsp3) is 0.231. The number of halogens is 2. The second-order valence-corrected chi connectivity index (χ2v) is 4.03. The molecule has 6 heteroatoms. The Bertz CT molecular complexity index is 578. The molecule has 0 saturated carbocycles. The highest BCUT2D eigenvalue weighted by Gasteiger charge is 2.14. The Labute approximate surface area is 109 Å². The lowest BCUT2D eigenvalue weighted by Gasteiger charge is -2.13. The highest BCUT2D eigenvalue weighted by Crippen LogP contribution is 2.20. The second-order valence-electron chi connectivity index (χ2n) is 4.03. The number of rotatable bonds is 4. The molecule has 1 unspecified atom stereocenters. The molecule has 0 amide bonds. The maximum Gasteiger partial charge on any atom is 0.216 e. The summed E-state index contributed by atoms with van der Waals surface area (Å²) in [5, 5.41) is 0. The number of aromatic nitrogens is 2. The van der Waals surface area contributed by atoms with Crippen LogP contribution in [0.2, 0.25) is 0 Å². The molecule has 2 N–H and O–H groups in total. The van der Waals surface area contributed by atoms with Crippen LogP contribution in [-0.4, -0.2) is 17.1 Å². The van der Waals surface area contributed by atoms with Crippen LogP contribution in [-0.2, 0) is 6.42 Å². The summed E-state index contributed by atoms with van der Waals surface area (Å²) < 4.78 is 31.6. The van der Waals surface area contributed by atoms with E-state index in [0.29, 0.717) is 11.6 Å². The van der Waals surface area contributed by atoms with Gasteiger partial charge in [-0.05, 0) is 18.2 Å². The summed E-state index contributed by atoms with van der Waals surface area (Å²) in [5.41, 5.74) is 6.60. The Morgan fingerprint density at radius 1 is 1.26 bits per heavy atom. The van der Waals surface area contributed by atoms with Gasteiger partial charge in [0.2, 0.25) is 5.88 Å². The second kappa shape index (κ2) is 5.71. The zero-order chi connectivity index (χ0) is 13.8. The van der Waals surface area contributed by atoms with Gasteiger partial charge in [0.1, 0.15) is 18.0 Å². The molecule has 1 atom stereocenters. The molecule has 1 heterocycles. The van der Waals surface area contributed by atoms with Gasteiger partial charge in [-0.2, -0.15) is 0 Å². The summed E-state index contributed by atoms with van der Waals surface area (Å²) in [6, 6.07) is 4.13. The maximum absolute atomic E-state index is 13.6. The number of hydrogen-bond donors (Lipinski definition) is 1. The van der Waals surface area contributed by atoms with Crippen molar-refractivity contribution in [3.05, 3.63) is 53.5 Å². The SMILES string of the molecule is COc1cc(CC(N)c2cc(F)ccc2F)ncn1. The van der Waals surface area contributed by atoms with Crippen LogP contribution in [0.5, 0.6) is 5.88 Å². The molecule has 2 aromatic rings. The molecular weight excluding hydrogens is 252 g/mol. The number of ether oxygens (including phenoxy) is 1. The fourth-order valence-electron chi connectivity index (χ4n) is 1.73. The van der Waals surface area contributed by atoms with E-state index < -0.39 is 17.7 Å². The van der Waals surface area contributed by atoms with Gasteiger partial charge in [-0.15, -0.1) is 0 Å². The van der Waals surface area contributed by atoms with E-state index in [9.17, 15) is 8.78 Å². The van der Waals surface area contributed by atoms with Crippen LogP contribution in [0.1, 0.15) is 17.3 Å². The number of nitrogens with zero attached hydrogens (tertiary/aromatic N) is 2. The van der Waals surface area contributed by atoms with Crippen LogP contribution >= 0.6 is 0 Å². The van der Waals surface area contributed by atoms with Crippen LogP contribution in [0.3, 0.4) is 0 Å². The summed E-state index contributed by atoms with van der Waals surface area (Å²) in [6.07, 6.45) is 1.60. The lowest BCUT2D eigenvalue weighted by atomic mass is 10.0. The average molecular weight is 265 g/mol. The minimum absolute atomic E-state index is 0.123. The van der Waals surface area contributed by atoms with Crippen molar-refractivity contribution in [3.8, 4) is 5.88 Å². The van der Waals surface area contributed by atoms with Gasteiger partial charge in [-0.1, -0.05) is 0 Å². The molecule has 0 aliphatic rings. The summed E-state index contributed by atoms with van der Waals surface area (Å²) in [5.74, 6) is -0.654. The van der Waals surface area contributed by atoms with Crippen molar-refractivity contribution in [2.75, 3.05) is 7.11 Å². The predicted molar refractivity (Wildman–Crippen MR) is 65.6 cm³/mol. The molecule has 2 rings (SSSR count). The molecule has 1 aromatic carbocycles. The topological polar surface area (TPSA) is 61.0 Å². The lowest BCUT2D eigenvalue weighted by Crippen LogP contribution is -2.16. The first-order valence-electron chi connectivity index (χ1n) is 5.65. The Kier molecular flexibility index (Phi) is 4.01. The summed E-state index contributed by atoms with van der Waals surface area (Å²) in [7, 11) is 1.48. The van der Waals surface area contributed by atoms with Crippen molar-refractivity contribution in [1.82, 2.24) is 9.97 Å². The minimum atomic E-state index is -0.685. The van der Waals surface area contributed by atoms with Crippen molar-refractivity contribution in [2.24, 2.45) is 5.73 Å². The Balaban J connectivity index is 2.20. The van der Waals surface area contributed by atoms with Gasteiger partial charge in [0.15, 0.2) is 0 Å². The highest BCUT2D eigenvalue weighted by atomic mass is 19.1. The van der Waals surface area contributed by atoms with E-state index in [-0.39, 0.29) is 12.0 Å². The van der Waals surface area contributed by atoms with E-state index >= 15 is 0 Å². The van der Waals surface area contributed by atoms with E-state index in [1.54, 1.807) is 6.07 Å². The predicted octanol–water partition coefficient (Wildman–Crippen LogP) is 2.01. The monoisotopic (exact) mass is 265 g/mol. The first kappa shape index (κ1) is 13.4. The first-order chi connectivity index (χ1) is 9.10. The van der Waals surface area contributed by atoms with Crippen LogP contribution in [0.15, 0.2) is 30.6 Å². The molecule has 0 saturated heterocycles. The molecule has 100 valence electrons. The Morgan fingerprint density at radius 3 is 2.79 bits per heavy atom. The standard InChI is InChI=1S/C13H13F2N3O/c1-19-13-6-9(17-7-18-13)5-12(16)10-4-8(14)2-3-11(10)15/h2-4,6-7,12H,5,16H2,1H3. The van der Waals surface area contributed by atoms with E-state index in [0.717, 1.165) is 18.2 Å². The quantitative estimate of drug-likeness (QED) is 0.918. The van der Waals surface area contributed by atoms with E-state index in [4.69, 9.17) is 10.5 Å². The molecular formula is C13H13F2N3O. The van der Waals surface area contributed by atoms with Crippen LogP contribution in [0.25, 0.3) is 0 Å². The van der Waals surface area contributed by atoms with Crippen molar-refractivity contribution >= 4 is 0 Å². The van der Waals surface area contributed by atoms with E-state index in [1.807, 2.05) is 0 Å². The third-order valence-corrected chi connectivity index (χ3v) is 2.69. The van der Waals surface area contributed by atoms with Crippen LogP contribution in [0.4, 0.5) is 8.78 Å². The van der Waals surface area contributed by atoms with E-state index in [2.05, 4.69) is 9.97 Å². The summed E-state index contributed by atoms with van der Waals surface area (Å²) in [6.45, 7) is 0. The van der Waals surface area contributed by atoms with Crippen molar-refractivity contribution < 1.29 is 13.5 Å². The van der Waals surface area contributed by atoms with Crippen molar-refractivity contribution in [3.63, 3.8) is 0 Å². The third-order valence-electron chi connectivity index (χ3n) is 2.69. The lowest BCUT2D eigenvalue weighted by molar-refractivity contribution is 0.395. The molecule has 4 nitrogen and oxygen atoms in total. The Hall–Kier alpha value is -2.08. The Morgan fingerprint density at radius 2 is 2.05 bits per heavy atom. The summed E-state index contributed by atoms with van der Waals surface area (Å²) in [4.78, 5) is 7.88. The van der Waals surface area contributed by atoms with Gasteiger partial charge in [0, 0.05) is 29.8 Å². The van der Waals surface area contributed by atoms with Gasteiger partial charge >= 0.3 is 0 Å². The smallest absolute Gasteiger partial charge is 0.216 e. The maximum atomic E-state index is 13.6. The van der Waals surface area contributed by atoms with Crippen LogP contribution < -0.4 is 10.5 Å². The number of benzene rings is 1. The normalized spacial score (nSPS) is 12.2. The molecule has 1 aromatic heterocycles. The minimum Gasteiger partial charge on any atom is -0.481 e. The first-order valence-corrected chi connectivity index (χ1v) is 5.65. The zero-order valence-electron chi connectivity index (χ0n) is 10.3. The van der Waals surface area contributed by atoms with Crippen LogP contribution in [0, 0.1) is 11.6 Å². The van der Waals surface area contributed by atoms with Gasteiger partial charge in [0.25, 0.3) is 0 Å². The van der Waals surface area contributed by atoms with Crippen molar-refractivity contribution in [1.29, 1.82) is 0 Å². The third kappa shape index (κ3) is 3.23. The molecule has 0 fully saturated rings. The number of nitrogens with two attached hydrogens (primary N) is 1. The van der Waals surface area contributed by atoms with Gasteiger partial charge in [-0.25, -0.2) is 18.7 Å². The van der Waals surface area contributed by atoms with E-state index in [1.165, 1.54) is 13.4 Å². The molecule has 0 bridgehead atoms. The molecule has 0 spiro atoms. The fourth-order valence-corrected chi connectivity index (χ4v) is 1.73. The van der Waals surface area contributed by atoms with Gasteiger partial charge < -0.3 is 10.5 Å². The molecule has 0 aliphatic heterocycles. The molecule has 0 radical (unpaired) electrons. The number of hydrogen-bond acceptors (Lipinski definition) is 4. The molecule has 0 aliphatic carbocycles. The molecule has 19 heavy (non-hydrogen) atoms.